The predicted octanol–water partition coefficient (Wildman–Crippen LogP) is 5.15. The van der Waals surface area contributed by atoms with E-state index in [1.807, 2.05) is 0 Å². The highest BCUT2D eigenvalue weighted by Gasteiger charge is 2.42. The molecule has 2 aliphatic rings. The number of carboxylic acid groups (broad SMARTS) is 2. The summed E-state index contributed by atoms with van der Waals surface area (Å²) in [6.45, 7) is 0. The summed E-state index contributed by atoms with van der Waals surface area (Å²) in [6.07, 6.45) is -0.416. The molecule has 7 aromatic carbocycles. The standard InChI is InChI=1S/C44H28N4O12/c49-21-5-1-19(2-6-21)17-31(41(55)56)45-43(59)47-37(51)27-13-9-23-25-11-15-29-36-30(16-12-26(34(25)36)24-10-14-28(38(47)52)35(27)33(23)24)40(54)48(39(29)53)44(60)46-32(42(57)58)18-20-3-7-22(50)8-4-20/h1-16,31-32,49-50H,17-18H2,(H,45,59)(H,46,60)(H,55,56)(H,57,58)/t31-,32-/m0/s1. The van der Waals surface area contributed by atoms with E-state index < -0.39 is 59.7 Å². The number of nitrogens with one attached hydrogen (secondary N) is 2. The van der Waals surface area contributed by atoms with E-state index in [0.29, 0.717) is 53.2 Å². The summed E-state index contributed by atoms with van der Waals surface area (Å²) in [4.78, 5) is 108. The number of carbonyl (C=O) groups is 8. The Morgan fingerprint density at radius 2 is 0.717 bits per heavy atom. The van der Waals surface area contributed by atoms with Gasteiger partial charge < -0.3 is 31.1 Å². The zero-order valence-corrected chi connectivity index (χ0v) is 30.8. The van der Waals surface area contributed by atoms with Crippen molar-refractivity contribution in [2.24, 2.45) is 0 Å². The Hall–Kier alpha value is -8.40. The first-order chi connectivity index (χ1) is 28.7. The molecule has 2 heterocycles. The van der Waals surface area contributed by atoms with Gasteiger partial charge in [-0.1, -0.05) is 48.5 Å². The van der Waals surface area contributed by atoms with Gasteiger partial charge in [-0.05, 0) is 92.0 Å². The van der Waals surface area contributed by atoms with Gasteiger partial charge in [0.1, 0.15) is 23.6 Å². The molecule has 16 heteroatoms. The molecule has 7 aromatic rings. The molecule has 2 aliphatic heterocycles. The summed E-state index contributed by atoms with van der Waals surface area (Å²) in [7, 11) is 0. The number of phenolic OH excluding ortho intramolecular Hbond substituents is 2. The Morgan fingerprint density at radius 3 is 0.983 bits per heavy atom. The van der Waals surface area contributed by atoms with Crippen molar-refractivity contribution in [3.8, 4) is 11.5 Å². The third kappa shape index (κ3) is 5.68. The second kappa shape index (κ2) is 13.6. The van der Waals surface area contributed by atoms with Crippen LogP contribution in [0.1, 0.15) is 52.6 Å². The number of hydrogen-bond acceptors (Lipinski definition) is 10. The fraction of sp³-hybridized carbons (Fsp3) is 0.0909. The molecule has 0 radical (unpaired) electrons. The summed E-state index contributed by atoms with van der Waals surface area (Å²) in [5.74, 6) is -6.86. The molecule has 60 heavy (non-hydrogen) atoms. The minimum atomic E-state index is -1.53. The Morgan fingerprint density at radius 1 is 0.433 bits per heavy atom. The molecular formula is C44H28N4O12. The maximum absolute atomic E-state index is 14.0. The number of fused-ring (bicyclic) bond motifs is 2. The van der Waals surface area contributed by atoms with E-state index in [0.717, 1.165) is 0 Å². The summed E-state index contributed by atoms with van der Waals surface area (Å²) in [6, 6.07) is 17.9. The van der Waals surface area contributed by atoms with E-state index in [-0.39, 0.29) is 57.4 Å². The molecule has 0 saturated heterocycles. The lowest BCUT2D eigenvalue weighted by Crippen LogP contribution is -2.54. The number of hydrogen-bond donors (Lipinski definition) is 6. The van der Waals surface area contributed by atoms with Gasteiger partial charge in [-0.15, -0.1) is 0 Å². The fourth-order valence-electron chi connectivity index (χ4n) is 8.20. The van der Waals surface area contributed by atoms with Crippen LogP contribution in [0, 0.1) is 0 Å². The first kappa shape index (κ1) is 37.2. The lowest BCUT2D eigenvalue weighted by atomic mass is 9.82. The molecule has 0 aliphatic carbocycles. The summed E-state index contributed by atoms with van der Waals surface area (Å²) in [5, 5.41) is 47.1. The Bertz CT molecular complexity index is 2780. The van der Waals surface area contributed by atoms with Gasteiger partial charge in [0.15, 0.2) is 0 Å². The highest BCUT2D eigenvalue weighted by Crippen LogP contribution is 2.46. The van der Waals surface area contributed by atoms with Gasteiger partial charge in [0, 0.05) is 45.9 Å². The van der Waals surface area contributed by atoms with Crippen molar-refractivity contribution in [2.75, 3.05) is 0 Å². The van der Waals surface area contributed by atoms with Crippen molar-refractivity contribution in [3.63, 3.8) is 0 Å². The van der Waals surface area contributed by atoms with E-state index in [2.05, 4.69) is 10.6 Å². The molecule has 0 unspecified atom stereocenters. The van der Waals surface area contributed by atoms with Crippen LogP contribution in [-0.4, -0.2) is 89.9 Å². The van der Waals surface area contributed by atoms with Crippen LogP contribution in [0.25, 0.3) is 43.1 Å². The third-order valence-corrected chi connectivity index (χ3v) is 11.0. The molecule has 16 nitrogen and oxygen atoms in total. The number of urea groups is 2. The Balaban J connectivity index is 1.07. The van der Waals surface area contributed by atoms with E-state index in [4.69, 9.17) is 0 Å². The number of phenols is 2. The SMILES string of the molecule is O=C(O)[C@H](Cc1ccc(O)cc1)NC(=O)N1C(=O)c2ccc3c4ccc5c6c(ccc(c7ccc(c2c37)C1=O)c64)C(=O)N(C(=O)N[C@@H](Cc1ccc(O)cc1)C(=O)O)C5=O. The monoisotopic (exact) mass is 804 g/mol. The van der Waals surface area contributed by atoms with Gasteiger partial charge in [0.2, 0.25) is 0 Å². The molecule has 0 aromatic heterocycles. The summed E-state index contributed by atoms with van der Waals surface area (Å²) < 4.78 is 0. The van der Waals surface area contributed by atoms with Crippen molar-refractivity contribution in [2.45, 2.75) is 24.9 Å². The number of aromatic hydroxyl groups is 2. The van der Waals surface area contributed by atoms with Gasteiger partial charge in [0.25, 0.3) is 23.6 Å². The molecule has 0 spiro atoms. The molecule has 9 rings (SSSR count). The van der Waals surface area contributed by atoms with Crippen LogP contribution in [0.2, 0.25) is 0 Å². The second-order valence-corrected chi connectivity index (χ2v) is 14.5. The van der Waals surface area contributed by atoms with Crippen LogP contribution in [0.3, 0.4) is 0 Å². The minimum absolute atomic E-state index is 0.00287. The predicted molar refractivity (Wildman–Crippen MR) is 212 cm³/mol. The third-order valence-electron chi connectivity index (χ3n) is 11.0. The molecule has 0 bridgehead atoms. The van der Waals surface area contributed by atoms with Crippen LogP contribution in [0.5, 0.6) is 11.5 Å². The molecule has 0 saturated carbocycles. The molecule has 6 N–H and O–H groups in total. The smallest absolute Gasteiger partial charge is 0.332 e. The summed E-state index contributed by atoms with van der Waals surface area (Å²) >= 11 is 0. The average molecular weight is 805 g/mol. The molecular weight excluding hydrogens is 777 g/mol. The fourth-order valence-corrected chi connectivity index (χ4v) is 8.20. The lowest BCUT2D eigenvalue weighted by molar-refractivity contribution is -0.140. The number of carbonyl (C=O) groups excluding carboxylic acids is 6. The number of carboxylic acids is 2. The van der Waals surface area contributed by atoms with Crippen LogP contribution in [-0.2, 0) is 22.4 Å². The van der Waals surface area contributed by atoms with E-state index in [1.54, 1.807) is 24.3 Å². The maximum atomic E-state index is 14.0. The quantitative estimate of drug-likeness (QED) is 0.0663. The van der Waals surface area contributed by atoms with Gasteiger partial charge >= 0.3 is 24.0 Å². The van der Waals surface area contributed by atoms with Gasteiger partial charge in [-0.25, -0.2) is 19.2 Å². The van der Waals surface area contributed by atoms with Crippen molar-refractivity contribution in [1.29, 1.82) is 0 Å². The molecule has 8 amide bonds. The van der Waals surface area contributed by atoms with Crippen molar-refractivity contribution >= 4 is 90.7 Å². The van der Waals surface area contributed by atoms with Gasteiger partial charge in [-0.2, -0.15) is 9.80 Å². The van der Waals surface area contributed by atoms with E-state index in [9.17, 15) is 58.8 Å². The first-order valence-electron chi connectivity index (χ1n) is 18.3. The van der Waals surface area contributed by atoms with Crippen molar-refractivity contribution in [3.05, 3.63) is 130 Å². The topological polar surface area (TPSA) is 248 Å². The Kier molecular flexibility index (Phi) is 8.44. The van der Waals surface area contributed by atoms with Crippen LogP contribution < -0.4 is 10.6 Å². The number of benzene rings is 7. The number of amides is 8. The normalized spacial score (nSPS) is 14.6. The van der Waals surface area contributed by atoms with E-state index >= 15 is 0 Å². The summed E-state index contributed by atoms with van der Waals surface area (Å²) in [5.41, 5.74) is 0.915. The van der Waals surface area contributed by atoms with Crippen molar-refractivity contribution < 1.29 is 58.8 Å². The number of aliphatic carboxylic acids is 2. The molecule has 296 valence electrons. The number of rotatable bonds is 8. The highest BCUT2D eigenvalue weighted by molar-refractivity contribution is 6.43. The zero-order valence-electron chi connectivity index (χ0n) is 30.8. The zero-order chi connectivity index (χ0) is 42.3. The number of imide groups is 6. The average Bonchev–Trinajstić information content (AvgIpc) is 3.22. The van der Waals surface area contributed by atoms with Crippen LogP contribution in [0.4, 0.5) is 9.59 Å². The molecule has 2 atom stereocenters. The maximum Gasteiger partial charge on any atom is 0.332 e. The van der Waals surface area contributed by atoms with Crippen molar-refractivity contribution in [1.82, 2.24) is 20.4 Å². The van der Waals surface area contributed by atoms with Crippen LogP contribution in [0.15, 0.2) is 97.1 Å². The largest absolute Gasteiger partial charge is 0.508 e. The minimum Gasteiger partial charge on any atom is -0.508 e. The second-order valence-electron chi connectivity index (χ2n) is 14.5. The first-order valence-corrected chi connectivity index (χ1v) is 18.3. The van der Waals surface area contributed by atoms with Gasteiger partial charge in [-0.3, -0.25) is 19.2 Å². The molecule has 0 fully saturated rings. The lowest BCUT2D eigenvalue weighted by Gasteiger charge is -2.29. The van der Waals surface area contributed by atoms with E-state index in [1.165, 1.54) is 72.8 Å². The number of nitrogens with zero attached hydrogens (tertiary/aromatic N) is 2. The van der Waals surface area contributed by atoms with Crippen LogP contribution >= 0.6 is 0 Å². The Labute approximate surface area is 336 Å². The van der Waals surface area contributed by atoms with Gasteiger partial charge in [0.05, 0.1) is 0 Å². The highest BCUT2D eigenvalue weighted by atomic mass is 16.4.